The number of ether oxygens (including phenoxy) is 2. The van der Waals surface area contributed by atoms with Crippen molar-refractivity contribution >= 4 is 34.1 Å². The Morgan fingerprint density at radius 1 is 0.881 bits per heavy atom. The fraction of sp³-hybridized carbons (Fsp3) is 0.304. The lowest BCUT2D eigenvalue weighted by Crippen LogP contribution is -2.52. The third kappa shape index (κ3) is 7.56. The van der Waals surface area contributed by atoms with Crippen molar-refractivity contribution in [3.63, 3.8) is 0 Å². The van der Waals surface area contributed by atoms with E-state index < -0.39 is 12.4 Å². The predicted molar refractivity (Wildman–Crippen MR) is 218 cm³/mol. The molecule has 1 saturated heterocycles. The number of aryl methyl sites for hydroxylation is 1. The van der Waals surface area contributed by atoms with Crippen LogP contribution in [0.1, 0.15) is 50.4 Å². The number of hydrogen-bond acceptors (Lipinski definition) is 6. The molecule has 0 radical (unpaired) electrons. The molecule has 0 unspecified atom stereocenters. The van der Waals surface area contributed by atoms with Crippen molar-refractivity contribution < 1.29 is 37.3 Å². The fourth-order valence-electron chi connectivity index (χ4n) is 8.98. The van der Waals surface area contributed by atoms with Gasteiger partial charge in [-0.15, -0.1) is 13.2 Å². The highest BCUT2D eigenvalue weighted by atomic mass is 19.4. The number of rotatable bonds is 8. The van der Waals surface area contributed by atoms with Crippen LogP contribution in [0.25, 0.3) is 22.2 Å². The van der Waals surface area contributed by atoms with Crippen molar-refractivity contribution in [3.8, 4) is 22.8 Å². The van der Waals surface area contributed by atoms with E-state index in [-0.39, 0.29) is 36.3 Å². The van der Waals surface area contributed by atoms with E-state index >= 15 is 9.59 Å². The first-order chi connectivity index (χ1) is 28.5. The number of nitrogens with zero attached hydrogens (tertiary/aromatic N) is 5. The van der Waals surface area contributed by atoms with Crippen molar-refractivity contribution in [2.75, 3.05) is 37.7 Å². The Balaban J connectivity index is 1.11. The van der Waals surface area contributed by atoms with Gasteiger partial charge in [0, 0.05) is 91.3 Å². The lowest BCUT2D eigenvalue weighted by atomic mass is 9.91. The van der Waals surface area contributed by atoms with Gasteiger partial charge in [-0.3, -0.25) is 19.4 Å². The number of phenolic OH excluding ortho intramolecular Hbond substituents is 1. The highest BCUT2D eigenvalue weighted by Crippen LogP contribution is 2.39. The number of anilines is 2. The standard InChI is InChI=1S/C46H44F3N5O5/c1-50-20-18-30-12-13-33(26-41(30)50)54(32-14-16-35(55)17-15-32)45(57)39-27-42(52-19-5-4-10-40(39)52)36-8-2-3-9-37(36)44(56)53-28-31-7-6-11-43(59-46(47,48)49)38(31)25-34(53)29-51-21-23-58-24-22-51/h2-3,6-9,11-18,20,26-27,34,55H,4-5,10,19,21-25,28-29H2,1H3/t34-/m0/s1. The van der Waals surface area contributed by atoms with Gasteiger partial charge >= 0.3 is 6.36 Å². The second-order valence-electron chi connectivity index (χ2n) is 15.5. The maximum atomic E-state index is 15.1. The maximum absolute atomic E-state index is 15.1. The van der Waals surface area contributed by atoms with Crippen LogP contribution in [-0.2, 0) is 37.7 Å². The van der Waals surface area contributed by atoms with E-state index in [0.29, 0.717) is 85.0 Å². The number of morpholine rings is 1. The number of alkyl halides is 3. The monoisotopic (exact) mass is 803 g/mol. The normalized spacial score (nSPS) is 17.1. The van der Waals surface area contributed by atoms with Crippen LogP contribution in [0, 0.1) is 0 Å². The molecular formula is C46H44F3N5O5. The first kappa shape index (κ1) is 38.5. The van der Waals surface area contributed by atoms with E-state index in [0.717, 1.165) is 35.1 Å². The number of phenols is 1. The zero-order valence-corrected chi connectivity index (χ0v) is 32.6. The number of hydrogen-bond donors (Lipinski definition) is 1. The zero-order chi connectivity index (χ0) is 40.8. The van der Waals surface area contributed by atoms with Crippen LogP contribution in [0.5, 0.6) is 11.5 Å². The lowest BCUT2D eigenvalue weighted by molar-refractivity contribution is -0.275. The van der Waals surface area contributed by atoms with Gasteiger partial charge < -0.3 is 28.6 Å². The third-order valence-corrected chi connectivity index (χ3v) is 11.9. The molecule has 1 N–H and O–H groups in total. The van der Waals surface area contributed by atoms with Gasteiger partial charge in [0.1, 0.15) is 11.5 Å². The highest BCUT2D eigenvalue weighted by molar-refractivity contribution is 6.13. The minimum Gasteiger partial charge on any atom is -0.508 e. The Kier molecular flexibility index (Phi) is 10.2. The maximum Gasteiger partial charge on any atom is 0.573 e. The molecular weight excluding hydrogens is 760 g/mol. The van der Waals surface area contributed by atoms with Crippen molar-refractivity contribution in [3.05, 3.63) is 131 Å². The molecule has 2 aromatic heterocycles. The predicted octanol–water partition coefficient (Wildman–Crippen LogP) is 8.47. The molecule has 59 heavy (non-hydrogen) atoms. The summed E-state index contributed by atoms with van der Waals surface area (Å²) in [6.45, 7) is 3.59. The van der Waals surface area contributed by atoms with Crippen LogP contribution >= 0.6 is 0 Å². The molecule has 5 heterocycles. The van der Waals surface area contributed by atoms with Gasteiger partial charge in [0.25, 0.3) is 11.8 Å². The molecule has 13 heteroatoms. The molecule has 0 aliphatic carbocycles. The van der Waals surface area contributed by atoms with Crippen LogP contribution in [0.4, 0.5) is 24.5 Å². The van der Waals surface area contributed by atoms with Crippen molar-refractivity contribution in [1.29, 1.82) is 0 Å². The second kappa shape index (κ2) is 15.6. The molecule has 0 saturated carbocycles. The van der Waals surface area contributed by atoms with Crippen molar-refractivity contribution in [2.45, 2.75) is 51.2 Å². The van der Waals surface area contributed by atoms with E-state index in [1.54, 1.807) is 46.2 Å². The van der Waals surface area contributed by atoms with Gasteiger partial charge in [-0.25, -0.2) is 0 Å². The second-order valence-corrected chi connectivity index (χ2v) is 15.5. The molecule has 10 nitrogen and oxygen atoms in total. The molecule has 1 atom stereocenters. The quantitative estimate of drug-likeness (QED) is 0.166. The first-order valence-corrected chi connectivity index (χ1v) is 20.0. The molecule has 3 aliphatic rings. The van der Waals surface area contributed by atoms with Gasteiger partial charge in [0.15, 0.2) is 0 Å². The third-order valence-electron chi connectivity index (χ3n) is 11.9. The van der Waals surface area contributed by atoms with E-state index in [2.05, 4.69) is 14.2 Å². The van der Waals surface area contributed by atoms with Gasteiger partial charge in [0.2, 0.25) is 0 Å². The Hall–Kier alpha value is -6.05. The smallest absolute Gasteiger partial charge is 0.508 e. The van der Waals surface area contributed by atoms with Crippen molar-refractivity contribution in [1.82, 2.24) is 18.9 Å². The van der Waals surface area contributed by atoms with E-state index in [4.69, 9.17) is 4.74 Å². The number of carbonyl (C=O) groups is 2. The molecule has 304 valence electrons. The summed E-state index contributed by atoms with van der Waals surface area (Å²) in [6, 6.07) is 28.0. The topological polar surface area (TPSA) is 92.4 Å². The van der Waals surface area contributed by atoms with E-state index in [1.165, 1.54) is 12.1 Å². The molecule has 9 rings (SSSR count). The van der Waals surface area contributed by atoms with Gasteiger partial charge in [-0.05, 0) is 97.3 Å². The SMILES string of the molecule is Cn1ccc2ccc(N(C(=O)c3cc(-c4ccccc4C(=O)N4Cc5cccc(OC(F)(F)F)c5C[C@H]4CN4CCOCC4)n4c3CCCC4)c3ccc(O)cc3)cc21. The largest absolute Gasteiger partial charge is 0.573 e. The number of carbonyl (C=O) groups excluding carboxylic acids is 2. The molecule has 6 aromatic rings. The molecule has 0 bridgehead atoms. The van der Waals surface area contributed by atoms with Gasteiger partial charge in [-0.1, -0.05) is 36.4 Å². The number of aromatic nitrogens is 2. The number of aromatic hydroxyl groups is 1. The fourth-order valence-corrected chi connectivity index (χ4v) is 8.98. The van der Waals surface area contributed by atoms with Crippen LogP contribution in [0.2, 0.25) is 0 Å². The van der Waals surface area contributed by atoms with Crippen LogP contribution in [-0.4, -0.2) is 81.1 Å². The Bertz CT molecular complexity index is 2540. The first-order valence-electron chi connectivity index (χ1n) is 20.0. The number of benzene rings is 4. The molecule has 3 aliphatic heterocycles. The summed E-state index contributed by atoms with van der Waals surface area (Å²) in [5.74, 6) is -0.632. The Morgan fingerprint density at radius 3 is 2.46 bits per heavy atom. The average Bonchev–Trinajstić information content (AvgIpc) is 3.81. The minimum absolute atomic E-state index is 0.0864. The van der Waals surface area contributed by atoms with Crippen LogP contribution < -0.4 is 9.64 Å². The summed E-state index contributed by atoms with van der Waals surface area (Å²) >= 11 is 0. The van der Waals surface area contributed by atoms with Crippen LogP contribution in [0.3, 0.4) is 0 Å². The molecule has 0 spiro atoms. The summed E-state index contributed by atoms with van der Waals surface area (Å²) in [7, 11) is 1.96. The number of halogens is 3. The van der Waals surface area contributed by atoms with Crippen molar-refractivity contribution in [2.24, 2.45) is 7.05 Å². The molecule has 1 fully saturated rings. The Morgan fingerprint density at radius 2 is 1.66 bits per heavy atom. The zero-order valence-electron chi connectivity index (χ0n) is 32.6. The minimum atomic E-state index is -4.85. The highest BCUT2D eigenvalue weighted by Gasteiger charge is 2.38. The van der Waals surface area contributed by atoms with Gasteiger partial charge in [0.05, 0.1) is 24.5 Å². The van der Waals surface area contributed by atoms with Gasteiger partial charge in [-0.2, -0.15) is 0 Å². The summed E-state index contributed by atoms with van der Waals surface area (Å²) < 4.78 is 54.8. The summed E-state index contributed by atoms with van der Waals surface area (Å²) in [4.78, 5) is 35.8. The molecule has 4 aromatic carbocycles. The number of fused-ring (bicyclic) bond motifs is 3. The summed E-state index contributed by atoms with van der Waals surface area (Å²) in [5, 5.41) is 11.2. The van der Waals surface area contributed by atoms with Crippen LogP contribution in [0.15, 0.2) is 103 Å². The van der Waals surface area contributed by atoms with E-state index in [1.807, 2.05) is 66.3 Å². The molecule has 2 amide bonds. The Labute approximate surface area is 339 Å². The van der Waals surface area contributed by atoms with E-state index in [9.17, 15) is 18.3 Å². The average molecular weight is 804 g/mol. The lowest BCUT2D eigenvalue weighted by Gasteiger charge is -2.41. The number of amides is 2. The summed E-state index contributed by atoms with van der Waals surface area (Å²) in [6.07, 6.45) is -0.221. The summed E-state index contributed by atoms with van der Waals surface area (Å²) in [5.41, 5.74) is 6.55.